The van der Waals surface area contributed by atoms with E-state index in [-0.39, 0.29) is 18.0 Å². The number of hydrogen-bond acceptors (Lipinski definition) is 5. The van der Waals surface area contributed by atoms with Gasteiger partial charge in [-0.2, -0.15) is 4.31 Å². The number of benzene rings is 2. The second kappa shape index (κ2) is 8.22. The summed E-state index contributed by atoms with van der Waals surface area (Å²) in [6.07, 6.45) is 0. The summed E-state index contributed by atoms with van der Waals surface area (Å²) >= 11 is 0. The van der Waals surface area contributed by atoms with Crippen molar-refractivity contribution in [3.05, 3.63) is 48.0 Å². The fourth-order valence-electron chi connectivity index (χ4n) is 2.28. The van der Waals surface area contributed by atoms with Crippen LogP contribution in [0.1, 0.15) is 5.56 Å². The Labute approximate surface area is 149 Å². The van der Waals surface area contributed by atoms with Crippen LogP contribution in [0.5, 0.6) is 17.2 Å². The Morgan fingerprint density at radius 3 is 2.28 bits per heavy atom. The molecule has 0 fully saturated rings. The van der Waals surface area contributed by atoms with Gasteiger partial charge in [0, 0.05) is 19.7 Å². The van der Waals surface area contributed by atoms with E-state index in [0.717, 1.165) is 11.3 Å². The number of hydrogen-bond donors (Lipinski definition) is 0. The molecule has 0 bridgehead atoms. The Hall–Kier alpha value is -2.25. The summed E-state index contributed by atoms with van der Waals surface area (Å²) in [7, 11) is 0.845. The molecule has 25 heavy (non-hydrogen) atoms. The molecule has 2 rings (SSSR count). The highest BCUT2D eigenvalue weighted by molar-refractivity contribution is 7.89. The summed E-state index contributed by atoms with van der Waals surface area (Å²) in [5, 5.41) is 0. The summed E-state index contributed by atoms with van der Waals surface area (Å²) in [4.78, 5) is 0.142. The Bertz CT molecular complexity index is 820. The monoisotopic (exact) mass is 365 g/mol. The molecule has 0 aliphatic carbocycles. The van der Waals surface area contributed by atoms with Crippen LogP contribution in [0.25, 0.3) is 0 Å². The van der Waals surface area contributed by atoms with E-state index in [1.165, 1.54) is 37.7 Å². The van der Waals surface area contributed by atoms with Crippen LogP contribution in [0.3, 0.4) is 0 Å². The molecule has 2 aromatic rings. The highest BCUT2D eigenvalue weighted by atomic mass is 32.2. The summed E-state index contributed by atoms with van der Waals surface area (Å²) < 4.78 is 42.6. The molecule has 0 radical (unpaired) electrons. The number of para-hydroxylation sites is 1. The molecule has 0 amide bonds. The van der Waals surface area contributed by atoms with Crippen LogP contribution in [-0.4, -0.2) is 47.1 Å². The predicted molar refractivity (Wildman–Crippen MR) is 96.0 cm³/mol. The van der Waals surface area contributed by atoms with E-state index >= 15 is 0 Å². The van der Waals surface area contributed by atoms with Crippen LogP contribution >= 0.6 is 0 Å². The third-order valence-electron chi connectivity index (χ3n) is 3.82. The summed E-state index contributed by atoms with van der Waals surface area (Å²) in [5.74, 6) is 1.60. The molecule has 7 heteroatoms. The molecule has 0 saturated carbocycles. The molecule has 0 aliphatic rings. The molecule has 6 nitrogen and oxygen atoms in total. The van der Waals surface area contributed by atoms with Gasteiger partial charge in [0.05, 0.1) is 19.1 Å². The van der Waals surface area contributed by atoms with Crippen molar-refractivity contribution in [2.75, 3.05) is 34.4 Å². The first kappa shape index (κ1) is 19.1. The maximum absolute atomic E-state index is 12.7. The van der Waals surface area contributed by atoms with Crippen LogP contribution in [-0.2, 0) is 10.0 Å². The van der Waals surface area contributed by atoms with Crippen LogP contribution in [0.15, 0.2) is 47.4 Å². The first-order valence-electron chi connectivity index (χ1n) is 7.77. The van der Waals surface area contributed by atoms with Gasteiger partial charge in [-0.05, 0) is 30.7 Å². The van der Waals surface area contributed by atoms with E-state index in [9.17, 15) is 8.42 Å². The topological polar surface area (TPSA) is 65.1 Å². The van der Waals surface area contributed by atoms with Crippen molar-refractivity contribution in [1.29, 1.82) is 0 Å². The van der Waals surface area contributed by atoms with Crippen LogP contribution in [0.4, 0.5) is 0 Å². The first-order valence-corrected chi connectivity index (χ1v) is 9.21. The third-order valence-corrected chi connectivity index (χ3v) is 5.67. The van der Waals surface area contributed by atoms with Gasteiger partial charge >= 0.3 is 0 Å². The third kappa shape index (κ3) is 4.43. The zero-order valence-corrected chi connectivity index (χ0v) is 15.7. The number of likely N-dealkylation sites (N-methyl/N-ethyl adjacent to an activating group) is 1. The van der Waals surface area contributed by atoms with Crippen LogP contribution < -0.4 is 14.2 Å². The number of sulfonamides is 1. The minimum atomic E-state index is -3.64. The van der Waals surface area contributed by atoms with Crippen LogP contribution in [0.2, 0.25) is 0 Å². The molecule has 0 atom stereocenters. The van der Waals surface area contributed by atoms with Crippen molar-refractivity contribution >= 4 is 10.0 Å². The number of aryl methyl sites for hydroxylation is 1. The SMILES string of the molecule is COc1ccc(S(=O)(=O)N(C)CCOc2ccccc2C)cc1OC. The Morgan fingerprint density at radius 1 is 0.960 bits per heavy atom. The number of rotatable bonds is 8. The van der Waals surface area contributed by atoms with Gasteiger partial charge in [0.1, 0.15) is 12.4 Å². The average molecular weight is 365 g/mol. The van der Waals surface area contributed by atoms with Gasteiger partial charge in [-0.3, -0.25) is 0 Å². The molecule has 0 N–H and O–H groups in total. The fraction of sp³-hybridized carbons (Fsp3) is 0.333. The quantitative estimate of drug-likeness (QED) is 0.720. The lowest BCUT2D eigenvalue weighted by atomic mass is 10.2. The maximum atomic E-state index is 12.7. The van der Waals surface area contributed by atoms with Crippen molar-refractivity contribution in [3.8, 4) is 17.2 Å². The van der Waals surface area contributed by atoms with Gasteiger partial charge in [-0.1, -0.05) is 18.2 Å². The molecular weight excluding hydrogens is 342 g/mol. The smallest absolute Gasteiger partial charge is 0.243 e. The zero-order chi connectivity index (χ0) is 18.4. The van der Waals surface area contributed by atoms with Crippen LogP contribution in [0, 0.1) is 6.92 Å². The van der Waals surface area contributed by atoms with Gasteiger partial charge in [0.25, 0.3) is 0 Å². The molecule has 0 aromatic heterocycles. The van der Waals surface area contributed by atoms with Crippen molar-refractivity contribution in [1.82, 2.24) is 4.31 Å². The largest absolute Gasteiger partial charge is 0.493 e. The van der Waals surface area contributed by atoms with Crippen molar-refractivity contribution < 1.29 is 22.6 Å². The fourth-order valence-corrected chi connectivity index (χ4v) is 3.45. The lowest BCUT2D eigenvalue weighted by molar-refractivity contribution is 0.285. The van der Waals surface area contributed by atoms with Gasteiger partial charge in [0.2, 0.25) is 10.0 Å². The standard InChI is InChI=1S/C18H23NO5S/c1-14-7-5-6-8-16(14)24-12-11-19(2)25(20,21)15-9-10-17(22-3)18(13-15)23-4/h5-10,13H,11-12H2,1-4H3. The minimum Gasteiger partial charge on any atom is -0.493 e. The van der Waals surface area contributed by atoms with Gasteiger partial charge in [-0.15, -0.1) is 0 Å². The van der Waals surface area contributed by atoms with Crippen molar-refractivity contribution in [2.24, 2.45) is 0 Å². The first-order chi connectivity index (χ1) is 11.9. The minimum absolute atomic E-state index is 0.142. The van der Waals surface area contributed by atoms with E-state index < -0.39 is 10.0 Å². The molecular formula is C18H23NO5S. The molecule has 0 aliphatic heterocycles. The van der Waals surface area contributed by atoms with E-state index in [1.807, 2.05) is 31.2 Å². The van der Waals surface area contributed by atoms with Gasteiger partial charge in [-0.25, -0.2) is 8.42 Å². The molecule has 0 unspecified atom stereocenters. The van der Waals surface area contributed by atoms with Gasteiger partial charge in [0.15, 0.2) is 11.5 Å². The van der Waals surface area contributed by atoms with E-state index in [2.05, 4.69) is 0 Å². The molecule has 136 valence electrons. The Kier molecular flexibility index (Phi) is 6.27. The van der Waals surface area contributed by atoms with Crippen molar-refractivity contribution in [3.63, 3.8) is 0 Å². The normalized spacial score (nSPS) is 11.4. The number of ether oxygens (including phenoxy) is 3. The Balaban J connectivity index is 2.07. The Morgan fingerprint density at radius 2 is 1.64 bits per heavy atom. The lowest BCUT2D eigenvalue weighted by Gasteiger charge is -2.19. The number of nitrogens with zero attached hydrogens (tertiary/aromatic N) is 1. The lowest BCUT2D eigenvalue weighted by Crippen LogP contribution is -2.31. The zero-order valence-electron chi connectivity index (χ0n) is 14.9. The van der Waals surface area contributed by atoms with Gasteiger partial charge < -0.3 is 14.2 Å². The highest BCUT2D eigenvalue weighted by Crippen LogP contribution is 2.30. The maximum Gasteiger partial charge on any atom is 0.243 e. The predicted octanol–water partition coefficient (Wildman–Crippen LogP) is 2.71. The number of methoxy groups -OCH3 is 2. The van der Waals surface area contributed by atoms with E-state index in [1.54, 1.807) is 6.07 Å². The molecule has 0 heterocycles. The van der Waals surface area contributed by atoms with E-state index in [4.69, 9.17) is 14.2 Å². The second-order valence-electron chi connectivity index (χ2n) is 5.46. The molecule has 0 spiro atoms. The summed E-state index contributed by atoms with van der Waals surface area (Å²) in [6, 6.07) is 12.1. The summed E-state index contributed by atoms with van der Waals surface area (Å²) in [5.41, 5.74) is 1.01. The van der Waals surface area contributed by atoms with E-state index in [0.29, 0.717) is 11.5 Å². The molecule has 0 saturated heterocycles. The summed E-state index contributed by atoms with van der Waals surface area (Å²) in [6.45, 7) is 2.43. The highest BCUT2D eigenvalue weighted by Gasteiger charge is 2.22. The average Bonchev–Trinajstić information content (AvgIpc) is 2.62. The molecule has 2 aromatic carbocycles. The van der Waals surface area contributed by atoms with Crippen molar-refractivity contribution in [2.45, 2.75) is 11.8 Å². The second-order valence-corrected chi connectivity index (χ2v) is 7.50.